The van der Waals surface area contributed by atoms with E-state index in [1.807, 2.05) is 0 Å². The second-order valence-electron chi connectivity index (χ2n) is 4.93. The summed E-state index contributed by atoms with van der Waals surface area (Å²) in [5, 5.41) is 2.70. The largest absolute Gasteiger partial charge is 0.352 e. The third-order valence-electron chi connectivity index (χ3n) is 3.14. The van der Waals surface area contributed by atoms with Gasteiger partial charge in [-0.2, -0.15) is 0 Å². The van der Waals surface area contributed by atoms with E-state index in [0.29, 0.717) is 13.0 Å². The van der Waals surface area contributed by atoms with Crippen molar-refractivity contribution >= 4 is 15.7 Å². The molecule has 0 atom stereocenters. The molecule has 0 aromatic heterocycles. The summed E-state index contributed by atoms with van der Waals surface area (Å²) in [7, 11) is -3.20. The lowest BCUT2D eigenvalue weighted by molar-refractivity contribution is 0.0953. The van der Waals surface area contributed by atoms with Gasteiger partial charge >= 0.3 is 0 Å². The molecule has 0 aliphatic carbocycles. The van der Waals surface area contributed by atoms with Gasteiger partial charge in [-0.15, -0.1) is 0 Å². The fourth-order valence-corrected chi connectivity index (χ4v) is 2.59. The molecule has 0 saturated carbocycles. The first-order valence-electron chi connectivity index (χ1n) is 6.69. The molecule has 0 aliphatic rings. The number of benzene rings is 2. The molecule has 1 N–H and O–H groups in total. The van der Waals surface area contributed by atoms with Crippen molar-refractivity contribution in [3.8, 4) is 0 Å². The Bertz CT molecular complexity index is 770. The van der Waals surface area contributed by atoms with Gasteiger partial charge in [0.05, 0.1) is 4.90 Å². The van der Waals surface area contributed by atoms with Crippen molar-refractivity contribution in [3.05, 3.63) is 65.5 Å². The van der Waals surface area contributed by atoms with E-state index in [1.54, 1.807) is 30.3 Å². The number of hydrogen-bond acceptors (Lipinski definition) is 3. The van der Waals surface area contributed by atoms with Crippen molar-refractivity contribution in [2.45, 2.75) is 11.3 Å². The molecule has 0 aliphatic heterocycles. The SMILES string of the molecule is CS(=O)(=O)c1ccc(CCNC(=O)c2cccc(F)c2)cc1. The molecule has 2 rings (SSSR count). The second kappa shape index (κ2) is 6.70. The Kier molecular flexibility index (Phi) is 4.92. The van der Waals surface area contributed by atoms with E-state index in [2.05, 4.69) is 5.32 Å². The van der Waals surface area contributed by atoms with Gasteiger partial charge < -0.3 is 5.32 Å². The summed E-state index contributed by atoms with van der Waals surface area (Å²) >= 11 is 0. The van der Waals surface area contributed by atoms with Crippen LogP contribution in [-0.2, 0) is 16.3 Å². The van der Waals surface area contributed by atoms with Crippen LogP contribution < -0.4 is 5.32 Å². The van der Waals surface area contributed by atoms with Gasteiger partial charge in [0.25, 0.3) is 5.91 Å². The molecule has 0 heterocycles. The highest BCUT2D eigenvalue weighted by Crippen LogP contribution is 2.10. The van der Waals surface area contributed by atoms with Gasteiger partial charge in [-0.05, 0) is 42.3 Å². The van der Waals surface area contributed by atoms with Gasteiger partial charge in [-0.1, -0.05) is 18.2 Å². The Hall–Kier alpha value is -2.21. The zero-order valence-electron chi connectivity index (χ0n) is 12.0. The first-order valence-corrected chi connectivity index (χ1v) is 8.58. The maximum absolute atomic E-state index is 13.0. The zero-order chi connectivity index (χ0) is 16.2. The summed E-state index contributed by atoms with van der Waals surface area (Å²) in [4.78, 5) is 12.1. The molecule has 0 spiro atoms. The van der Waals surface area contributed by atoms with Crippen LogP contribution in [0.3, 0.4) is 0 Å². The van der Waals surface area contributed by atoms with E-state index in [0.717, 1.165) is 11.8 Å². The van der Waals surface area contributed by atoms with E-state index in [4.69, 9.17) is 0 Å². The minimum atomic E-state index is -3.20. The van der Waals surface area contributed by atoms with Gasteiger partial charge in [0.2, 0.25) is 0 Å². The molecule has 116 valence electrons. The van der Waals surface area contributed by atoms with Crippen LogP contribution in [0.15, 0.2) is 53.4 Å². The first-order chi connectivity index (χ1) is 10.4. The number of sulfone groups is 1. The van der Waals surface area contributed by atoms with Crippen LogP contribution in [0.1, 0.15) is 15.9 Å². The molecule has 2 aromatic carbocycles. The molecule has 4 nitrogen and oxygen atoms in total. The zero-order valence-corrected chi connectivity index (χ0v) is 12.9. The molecule has 1 amide bonds. The highest BCUT2D eigenvalue weighted by Gasteiger charge is 2.07. The Morgan fingerprint density at radius 3 is 2.41 bits per heavy atom. The molecular weight excluding hydrogens is 305 g/mol. The lowest BCUT2D eigenvalue weighted by Crippen LogP contribution is -2.25. The van der Waals surface area contributed by atoms with Crippen molar-refractivity contribution in [3.63, 3.8) is 0 Å². The van der Waals surface area contributed by atoms with Crippen LogP contribution >= 0.6 is 0 Å². The van der Waals surface area contributed by atoms with Crippen LogP contribution in [-0.4, -0.2) is 27.1 Å². The molecule has 6 heteroatoms. The van der Waals surface area contributed by atoms with E-state index >= 15 is 0 Å². The third-order valence-corrected chi connectivity index (χ3v) is 4.27. The smallest absolute Gasteiger partial charge is 0.251 e. The summed E-state index contributed by atoms with van der Waals surface area (Å²) in [6.45, 7) is 0.383. The fraction of sp³-hybridized carbons (Fsp3) is 0.188. The molecule has 0 bridgehead atoms. The number of hydrogen-bond donors (Lipinski definition) is 1. The van der Waals surface area contributed by atoms with Crippen LogP contribution in [0, 0.1) is 5.82 Å². The second-order valence-corrected chi connectivity index (χ2v) is 6.95. The van der Waals surface area contributed by atoms with Crippen molar-refractivity contribution < 1.29 is 17.6 Å². The lowest BCUT2D eigenvalue weighted by Gasteiger charge is -2.06. The van der Waals surface area contributed by atoms with Crippen molar-refractivity contribution in [1.29, 1.82) is 0 Å². The number of amides is 1. The maximum Gasteiger partial charge on any atom is 0.251 e. The van der Waals surface area contributed by atoms with E-state index in [9.17, 15) is 17.6 Å². The topological polar surface area (TPSA) is 63.2 Å². The van der Waals surface area contributed by atoms with Crippen molar-refractivity contribution in [1.82, 2.24) is 5.32 Å². The van der Waals surface area contributed by atoms with Crippen LogP contribution in [0.4, 0.5) is 4.39 Å². The van der Waals surface area contributed by atoms with Crippen molar-refractivity contribution in [2.75, 3.05) is 12.8 Å². The summed E-state index contributed by atoms with van der Waals surface area (Å²) < 4.78 is 35.7. The lowest BCUT2D eigenvalue weighted by atomic mass is 10.1. The molecule has 0 saturated heterocycles. The number of nitrogens with one attached hydrogen (secondary N) is 1. The maximum atomic E-state index is 13.0. The van der Waals surface area contributed by atoms with E-state index in [1.165, 1.54) is 18.2 Å². The van der Waals surface area contributed by atoms with E-state index < -0.39 is 15.7 Å². The molecule has 0 fully saturated rings. The highest BCUT2D eigenvalue weighted by molar-refractivity contribution is 7.90. The number of carbonyl (C=O) groups is 1. The average Bonchev–Trinajstić information content (AvgIpc) is 2.47. The standard InChI is InChI=1S/C16H16FNO3S/c1-22(20,21)15-7-5-12(6-8-15)9-10-18-16(19)13-3-2-4-14(17)11-13/h2-8,11H,9-10H2,1H3,(H,18,19). The predicted molar refractivity (Wildman–Crippen MR) is 82.0 cm³/mol. The summed E-state index contributed by atoms with van der Waals surface area (Å²) in [6.07, 6.45) is 1.71. The highest BCUT2D eigenvalue weighted by atomic mass is 32.2. The van der Waals surface area contributed by atoms with Gasteiger partial charge in [-0.25, -0.2) is 12.8 Å². The quantitative estimate of drug-likeness (QED) is 0.918. The summed E-state index contributed by atoms with van der Waals surface area (Å²) in [6, 6.07) is 12.0. The predicted octanol–water partition coefficient (Wildman–Crippen LogP) is 2.20. The Morgan fingerprint density at radius 2 is 1.82 bits per heavy atom. The summed E-state index contributed by atoms with van der Waals surface area (Å²) in [5.74, 6) is -0.795. The number of carbonyl (C=O) groups excluding carboxylic acids is 1. The monoisotopic (exact) mass is 321 g/mol. The van der Waals surface area contributed by atoms with Gasteiger partial charge in [-0.3, -0.25) is 4.79 Å². The number of halogens is 1. The molecule has 0 radical (unpaired) electrons. The van der Waals surface area contributed by atoms with Crippen LogP contribution in [0.2, 0.25) is 0 Å². The van der Waals surface area contributed by atoms with Crippen LogP contribution in [0.25, 0.3) is 0 Å². The van der Waals surface area contributed by atoms with Gasteiger partial charge in [0.1, 0.15) is 5.82 Å². The Morgan fingerprint density at radius 1 is 1.14 bits per heavy atom. The van der Waals surface area contributed by atoms with E-state index in [-0.39, 0.29) is 16.4 Å². The normalized spacial score (nSPS) is 11.2. The molecular formula is C16H16FNO3S. The van der Waals surface area contributed by atoms with Gasteiger partial charge in [0.15, 0.2) is 9.84 Å². The molecule has 0 unspecified atom stereocenters. The first kappa shape index (κ1) is 16.2. The Labute approximate surface area is 128 Å². The van der Waals surface area contributed by atoms with Crippen molar-refractivity contribution in [2.24, 2.45) is 0 Å². The summed E-state index contributed by atoms with van der Waals surface area (Å²) in [5.41, 5.74) is 1.18. The molecule has 2 aromatic rings. The Balaban J connectivity index is 1.90. The number of rotatable bonds is 5. The molecule has 22 heavy (non-hydrogen) atoms. The third kappa shape index (κ3) is 4.39. The fourth-order valence-electron chi connectivity index (χ4n) is 1.96. The average molecular weight is 321 g/mol. The van der Waals surface area contributed by atoms with Crippen LogP contribution in [0.5, 0.6) is 0 Å². The van der Waals surface area contributed by atoms with Gasteiger partial charge in [0, 0.05) is 18.4 Å². The minimum Gasteiger partial charge on any atom is -0.352 e. The minimum absolute atomic E-state index is 0.264.